The van der Waals surface area contributed by atoms with Crippen LogP contribution in [-0.4, -0.2) is 16.1 Å². The highest BCUT2D eigenvalue weighted by molar-refractivity contribution is 7.11. The van der Waals surface area contributed by atoms with E-state index in [9.17, 15) is 9.18 Å². The van der Waals surface area contributed by atoms with Crippen LogP contribution in [0.2, 0.25) is 0 Å². The minimum Gasteiger partial charge on any atom is -0.476 e. The van der Waals surface area contributed by atoms with Gasteiger partial charge in [0.05, 0.1) is 5.01 Å². The zero-order valence-corrected chi connectivity index (χ0v) is 9.92. The average Bonchev–Trinajstić information content (AvgIpc) is 2.63. The van der Waals surface area contributed by atoms with Crippen molar-refractivity contribution in [1.29, 1.82) is 0 Å². The lowest BCUT2D eigenvalue weighted by Gasteiger charge is -1.96. The summed E-state index contributed by atoms with van der Waals surface area (Å²) in [7, 11) is 0. The number of hydrogen-bond acceptors (Lipinski definition) is 3. The number of nitrogens with zero attached hydrogens (tertiary/aromatic N) is 1. The van der Waals surface area contributed by atoms with E-state index in [1.54, 1.807) is 19.1 Å². The molecule has 3 nitrogen and oxygen atoms in total. The standard InChI is InChI=1S/C12H10FNO2S/c1-7-11(12(15)16)14-10(17-7)6-8-2-4-9(13)5-3-8/h2-5H,6H2,1H3,(H,15,16). The summed E-state index contributed by atoms with van der Waals surface area (Å²) in [6.45, 7) is 1.73. The van der Waals surface area contributed by atoms with Crippen LogP contribution in [0.4, 0.5) is 4.39 Å². The Bertz CT molecular complexity index is 548. The summed E-state index contributed by atoms with van der Waals surface area (Å²) in [6, 6.07) is 6.11. The van der Waals surface area contributed by atoms with Gasteiger partial charge in [0.2, 0.25) is 0 Å². The fourth-order valence-corrected chi connectivity index (χ4v) is 2.46. The van der Waals surface area contributed by atoms with Gasteiger partial charge in [0.15, 0.2) is 5.69 Å². The molecule has 5 heteroatoms. The maximum atomic E-state index is 12.7. The van der Waals surface area contributed by atoms with Crippen molar-refractivity contribution in [2.75, 3.05) is 0 Å². The minimum absolute atomic E-state index is 0.104. The average molecular weight is 251 g/mol. The third-order valence-corrected chi connectivity index (χ3v) is 3.28. The Hall–Kier alpha value is -1.75. The molecule has 0 atom stereocenters. The van der Waals surface area contributed by atoms with Crippen LogP contribution in [0, 0.1) is 12.7 Å². The molecule has 0 fully saturated rings. The van der Waals surface area contributed by atoms with Gasteiger partial charge in [-0.2, -0.15) is 0 Å². The van der Waals surface area contributed by atoms with E-state index in [0.717, 1.165) is 10.6 Å². The Morgan fingerprint density at radius 1 is 1.41 bits per heavy atom. The molecule has 0 saturated carbocycles. The van der Waals surface area contributed by atoms with Gasteiger partial charge in [-0.3, -0.25) is 0 Å². The van der Waals surface area contributed by atoms with Gasteiger partial charge in [-0.1, -0.05) is 12.1 Å². The predicted octanol–water partition coefficient (Wildman–Crippen LogP) is 2.88. The first kappa shape index (κ1) is 11.7. The number of hydrogen-bond donors (Lipinski definition) is 1. The van der Waals surface area contributed by atoms with Crippen molar-refractivity contribution in [2.45, 2.75) is 13.3 Å². The second-order valence-corrected chi connectivity index (χ2v) is 4.91. The summed E-state index contributed by atoms with van der Waals surface area (Å²) >= 11 is 1.36. The van der Waals surface area contributed by atoms with Crippen LogP contribution in [-0.2, 0) is 6.42 Å². The van der Waals surface area contributed by atoms with Crippen LogP contribution in [0.3, 0.4) is 0 Å². The van der Waals surface area contributed by atoms with Crippen molar-refractivity contribution >= 4 is 17.3 Å². The number of benzene rings is 1. The minimum atomic E-state index is -1.01. The van der Waals surface area contributed by atoms with Gasteiger partial charge in [0, 0.05) is 11.3 Å². The van der Waals surface area contributed by atoms with Crippen molar-refractivity contribution in [2.24, 2.45) is 0 Å². The van der Waals surface area contributed by atoms with Gasteiger partial charge in [-0.15, -0.1) is 11.3 Å². The Kier molecular flexibility index (Phi) is 3.19. The first-order chi connectivity index (χ1) is 8.06. The number of carbonyl (C=O) groups is 1. The van der Waals surface area contributed by atoms with Gasteiger partial charge < -0.3 is 5.11 Å². The highest BCUT2D eigenvalue weighted by Gasteiger charge is 2.13. The van der Waals surface area contributed by atoms with Gasteiger partial charge >= 0.3 is 5.97 Å². The monoisotopic (exact) mass is 251 g/mol. The number of halogens is 1. The number of carboxylic acid groups (broad SMARTS) is 1. The fourth-order valence-electron chi connectivity index (χ4n) is 1.50. The molecule has 1 aromatic heterocycles. The Morgan fingerprint density at radius 2 is 2.06 bits per heavy atom. The lowest BCUT2D eigenvalue weighted by atomic mass is 10.1. The third-order valence-electron chi connectivity index (χ3n) is 2.31. The molecule has 0 radical (unpaired) electrons. The Morgan fingerprint density at radius 3 is 2.59 bits per heavy atom. The molecule has 0 saturated heterocycles. The van der Waals surface area contributed by atoms with Crippen LogP contribution in [0.1, 0.15) is 25.9 Å². The molecular weight excluding hydrogens is 241 g/mol. The lowest BCUT2D eigenvalue weighted by molar-refractivity contribution is 0.0690. The second-order valence-electron chi connectivity index (χ2n) is 3.62. The van der Waals surface area contributed by atoms with Crippen LogP contribution >= 0.6 is 11.3 Å². The quantitative estimate of drug-likeness (QED) is 0.912. The van der Waals surface area contributed by atoms with Gasteiger partial charge in [-0.05, 0) is 24.6 Å². The predicted molar refractivity (Wildman–Crippen MR) is 63.0 cm³/mol. The normalized spacial score (nSPS) is 10.5. The first-order valence-electron chi connectivity index (χ1n) is 5.00. The highest BCUT2D eigenvalue weighted by Crippen LogP contribution is 2.20. The lowest BCUT2D eigenvalue weighted by Crippen LogP contribution is -1.99. The molecule has 0 amide bonds. The molecule has 0 spiro atoms. The van der Waals surface area contributed by atoms with Crippen LogP contribution in [0.5, 0.6) is 0 Å². The van der Waals surface area contributed by atoms with E-state index in [1.807, 2.05) is 0 Å². The van der Waals surface area contributed by atoms with E-state index in [2.05, 4.69) is 4.98 Å². The number of rotatable bonds is 3. The largest absolute Gasteiger partial charge is 0.476 e. The first-order valence-corrected chi connectivity index (χ1v) is 5.82. The molecule has 1 N–H and O–H groups in total. The molecule has 17 heavy (non-hydrogen) atoms. The molecule has 0 unspecified atom stereocenters. The molecule has 2 rings (SSSR count). The number of thiazole rings is 1. The molecule has 0 aliphatic rings. The Balaban J connectivity index is 2.22. The van der Waals surface area contributed by atoms with Crippen molar-refractivity contribution in [3.63, 3.8) is 0 Å². The van der Waals surface area contributed by atoms with Gasteiger partial charge in [-0.25, -0.2) is 14.2 Å². The number of aromatic nitrogens is 1. The molecule has 0 aliphatic carbocycles. The SMILES string of the molecule is Cc1sc(Cc2ccc(F)cc2)nc1C(=O)O. The number of aromatic carboxylic acids is 1. The molecule has 1 heterocycles. The summed E-state index contributed by atoms with van der Waals surface area (Å²) in [5, 5.41) is 9.60. The van der Waals surface area contributed by atoms with Crippen LogP contribution in [0.25, 0.3) is 0 Å². The summed E-state index contributed by atoms with van der Waals surface area (Å²) in [4.78, 5) is 15.6. The molecule has 0 aliphatic heterocycles. The molecule has 0 bridgehead atoms. The van der Waals surface area contributed by atoms with Gasteiger partial charge in [0.1, 0.15) is 5.82 Å². The Labute approximate surface area is 102 Å². The van der Waals surface area contributed by atoms with E-state index < -0.39 is 5.97 Å². The van der Waals surface area contributed by atoms with Crippen molar-refractivity contribution < 1.29 is 14.3 Å². The van der Waals surface area contributed by atoms with E-state index >= 15 is 0 Å². The zero-order chi connectivity index (χ0) is 12.4. The summed E-state index contributed by atoms with van der Waals surface area (Å²) < 4.78 is 12.7. The number of aryl methyl sites for hydroxylation is 1. The summed E-state index contributed by atoms with van der Waals surface area (Å²) in [5.74, 6) is -1.29. The van der Waals surface area contributed by atoms with Crippen molar-refractivity contribution in [1.82, 2.24) is 4.98 Å². The topological polar surface area (TPSA) is 50.2 Å². The fraction of sp³-hybridized carbons (Fsp3) is 0.167. The van der Waals surface area contributed by atoms with Crippen LogP contribution in [0.15, 0.2) is 24.3 Å². The van der Waals surface area contributed by atoms with Crippen molar-refractivity contribution in [3.05, 3.63) is 51.2 Å². The number of carboxylic acids is 1. The maximum absolute atomic E-state index is 12.7. The third kappa shape index (κ3) is 2.68. The second kappa shape index (κ2) is 4.63. The molecule has 88 valence electrons. The van der Waals surface area contributed by atoms with E-state index in [1.165, 1.54) is 23.5 Å². The van der Waals surface area contributed by atoms with Gasteiger partial charge in [0.25, 0.3) is 0 Å². The van der Waals surface area contributed by atoms with E-state index in [-0.39, 0.29) is 11.5 Å². The molecule has 1 aromatic carbocycles. The summed E-state index contributed by atoms with van der Waals surface area (Å²) in [6.07, 6.45) is 0.527. The highest BCUT2D eigenvalue weighted by atomic mass is 32.1. The summed E-state index contributed by atoms with van der Waals surface area (Å²) in [5.41, 5.74) is 1.02. The molecule has 2 aromatic rings. The van der Waals surface area contributed by atoms with Crippen molar-refractivity contribution in [3.8, 4) is 0 Å². The zero-order valence-electron chi connectivity index (χ0n) is 9.11. The van der Waals surface area contributed by atoms with E-state index in [4.69, 9.17) is 5.11 Å². The maximum Gasteiger partial charge on any atom is 0.355 e. The molecular formula is C12H10FNO2S. The van der Waals surface area contributed by atoms with Crippen LogP contribution < -0.4 is 0 Å². The smallest absolute Gasteiger partial charge is 0.355 e. The van der Waals surface area contributed by atoms with E-state index in [0.29, 0.717) is 11.3 Å².